The number of nitrogens with zero attached hydrogens (tertiary/aromatic N) is 2. The smallest absolute Gasteiger partial charge is 0.193 e. The van der Waals surface area contributed by atoms with Gasteiger partial charge in [0.2, 0.25) is 0 Å². The molecule has 0 fully saturated rings. The topological polar surface area (TPSA) is 23.6 Å². The van der Waals surface area contributed by atoms with Gasteiger partial charge in [0, 0.05) is 58.7 Å². The van der Waals surface area contributed by atoms with Crippen LogP contribution in [0.5, 0.6) is 0 Å². The molecule has 0 aliphatic heterocycles. The third-order valence-corrected chi connectivity index (χ3v) is 7.29. The third kappa shape index (κ3) is 4.29. The summed E-state index contributed by atoms with van der Waals surface area (Å²) in [6.45, 7) is 0. The van der Waals surface area contributed by atoms with Gasteiger partial charge < -0.3 is 9.80 Å². The first-order valence-electron chi connectivity index (χ1n) is 12.8. The average molecular weight is 493 g/mol. The molecule has 0 amide bonds. The zero-order chi connectivity index (χ0) is 26.1. The van der Waals surface area contributed by atoms with Crippen LogP contribution in [0, 0.1) is 0 Å². The van der Waals surface area contributed by atoms with Gasteiger partial charge in [-0.1, -0.05) is 72.8 Å². The minimum absolute atomic E-state index is 0.0173. The monoisotopic (exact) mass is 492 g/mol. The molecule has 0 aromatic heterocycles. The van der Waals surface area contributed by atoms with Crippen molar-refractivity contribution in [1.29, 1.82) is 0 Å². The first kappa shape index (κ1) is 23.5. The number of rotatable bonds is 6. The molecule has 6 aromatic rings. The van der Waals surface area contributed by atoms with Crippen molar-refractivity contribution in [3.05, 3.63) is 145 Å². The maximum absolute atomic E-state index is 13.3. The van der Waals surface area contributed by atoms with Gasteiger partial charge in [-0.25, -0.2) is 0 Å². The van der Waals surface area contributed by atoms with Crippen LogP contribution in [0.1, 0.15) is 15.9 Å². The van der Waals surface area contributed by atoms with Crippen LogP contribution >= 0.6 is 0 Å². The molecule has 0 unspecified atom stereocenters. The second-order valence-electron chi connectivity index (χ2n) is 9.54. The number of carbonyl (C=O) groups excluding carboxylic acids is 1. The molecule has 0 saturated heterocycles. The maximum Gasteiger partial charge on any atom is 0.193 e. The normalized spacial score (nSPS) is 11.0. The van der Waals surface area contributed by atoms with Crippen LogP contribution in [-0.4, -0.2) is 19.9 Å². The molecule has 3 heteroatoms. The van der Waals surface area contributed by atoms with Crippen LogP contribution in [0.2, 0.25) is 0 Å². The van der Waals surface area contributed by atoms with Gasteiger partial charge in [0.05, 0.1) is 0 Å². The van der Waals surface area contributed by atoms with Gasteiger partial charge in [-0.15, -0.1) is 0 Å². The van der Waals surface area contributed by atoms with Gasteiger partial charge in [-0.2, -0.15) is 0 Å². The largest absolute Gasteiger partial charge is 0.344 e. The van der Waals surface area contributed by atoms with E-state index in [-0.39, 0.29) is 5.78 Å². The van der Waals surface area contributed by atoms with Crippen molar-refractivity contribution < 1.29 is 4.79 Å². The molecule has 0 heterocycles. The summed E-state index contributed by atoms with van der Waals surface area (Å²) >= 11 is 0. The molecule has 0 N–H and O–H groups in total. The Labute approximate surface area is 223 Å². The van der Waals surface area contributed by atoms with Crippen LogP contribution in [0.25, 0.3) is 21.5 Å². The van der Waals surface area contributed by atoms with E-state index in [0.717, 1.165) is 22.7 Å². The number of ketones is 1. The molecule has 0 radical (unpaired) electrons. The molecule has 0 spiro atoms. The number of hydrogen-bond donors (Lipinski definition) is 0. The van der Waals surface area contributed by atoms with Gasteiger partial charge in [0.1, 0.15) is 0 Å². The third-order valence-electron chi connectivity index (χ3n) is 7.29. The van der Waals surface area contributed by atoms with E-state index in [2.05, 4.69) is 109 Å². The van der Waals surface area contributed by atoms with Crippen molar-refractivity contribution in [2.45, 2.75) is 0 Å². The molecular weight excluding hydrogens is 464 g/mol. The molecule has 0 saturated carbocycles. The fourth-order valence-corrected chi connectivity index (χ4v) is 5.12. The molecule has 38 heavy (non-hydrogen) atoms. The van der Waals surface area contributed by atoms with E-state index in [9.17, 15) is 4.79 Å². The molecule has 0 aliphatic rings. The number of fused-ring (bicyclic) bond motifs is 2. The van der Waals surface area contributed by atoms with E-state index >= 15 is 0 Å². The Kier molecular flexibility index (Phi) is 6.11. The number of carbonyl (C=O) groups is 1. The van der Waals surface area contributed by atoms with Crippen molar-refractivity contribution in [3.8, 4) is 0 Å². The fourth-order valence-electron chi connectivity index (χ4n) is 5.12. The summed E-state index contributed by atoms with van der Waals surface area (Å²) in [7, 11) is 4.12. The van der Waals surface area contributed by atoms with Crippen molar-refractivity contribution >= 4 is 50.1 Å². The first-order chi connectivity index (χ1) is 18.6. The van der Waals surface area contributed by atoms with Crippen molar-refractivity contribution in [1.82, 2.24) is 0 Å². The molecule has 6 rings (SSSR count). The molecule has 0 aliphatic carbocycles. The van der Waals surface area contributed by atoms with Crippen molar-refractivity contribution in [2.24, 2.45) is 0 Å². The molecular formula is C35H28N2O. The average Bonchev–Trinajstić information content (AvgIpc) is 2.99. The Bertz CT molecular complexity index is 1610. The highest BCUT2D eigenvalue weighted by atomic mass is 16.1. The summed E-state index contributed by atoms with van der Waals surface area (Å²) in [6.07, 6.45) is 0. The molecule has 6 aromatic carbocycles. The van der Waals surface area contributed by atoms with Gasteiger partial charge in [-0.3, -0.25) is 4.79 Å². The second-order valence-corrected chi connectivity index (χ2v) is 9.54. The highest BCUT2D eigenvalue weighted by Crippen LogP contribution is 2.33. The maximum atomic E-state index is 13.3. The highest BCUT2D eigenvalue weighted by Gasteiger charge is 2.13. The summed E-state index contributed by atoms with van der Waals surface area (Å²) in [5.41, 5.74) is 5.68. The first-order valence-corrected chi connectivity index (χ1v) is 12.8. The fraction of sp³-hybridized carbons (Fsp3) is 0.0571. The van der Waals surface area contributed by atoms with Gasteiger partial charge in [-0.05, 0) is 71.4 Å². The Hall–Kier alpha value is -4.89. The van der Waals surface area contributed by atoms with E-state index in [1.165, 1.54) is 21.5 Å². The second kappa shape index (κ2) is 9.87. The van der Waals surface area contributed by atoms with Crippen LogP contribution in [-0.2, 0) is 0 Å². The Balaban J connectivity index is 1.22. The predicted octanol–water partition coefficient (Wildman–Crippen LogP) is 8.76. The van der Waals surface area contributed by atoms with Crippen LogP contribution in [0.15, 0.2) is 133 Å². The van der Waals surface area contributed by atoms with E-state index in [1.54, 1.807) is 0 Å². The zero-order valence-electron chi connectivity index (χ0n) is 21.5. The van der Waals surface area contributed by atoms with E-state index in [4.69, 9.17) is 0 Å². The van der Waals surface area contributed by atoms with E-state index in [1.807, 2.05) is 48.5 Å². The summed E-state index contributed by atoms with van der Waals surface area (Å²) < 4.78 is 0. The van der Waals surface area contributed by atoms with E-state index in [0.29, 0.717) is 11.1 Å². The minimum atomic E-state index is 0.0173. The van der Waals surface area contributed by atoms with Crippen LogP contribution < -0.4 is 9.80 Å². The van der Waals surface area contributed by atoms with Crippen molar-refractivity contribution in [2.75, 3.05) is 23.9 Å². The number of anilines is 4. The minimum Gasteiger partial charge on any atom is -0.344 e. The van der Waals surface area contributed by atoms with Gasteiger partial charge >= 0.3 is 0 Å². The Morgan fingerprint density at radius 1 is 0.447 bits per heavy atom. The summed E-state index contributed by atoms with van der Waals surface area (Å²) in [6, 6.07) is 45.1. The Morgan fingerprint density at radius 2 is 0.816 bits per heavy atom. The Morgan fingerprint density at radius 3 is 1.24 bits per heavy atom. The lowest BCUT2D eigenvalue weighted by Gasteiger charge is -2.22. The molecule has 184 valence electrons. The standard InChI is InChI=1S/C35H28N2O/c1-36(33-15-7-11-25-9-3-5-13-31(25)33)29-21-17-27(18-22-29)35(38)28-19-23-30(24-20-28)37(2)34-16-8-12-26-10-4-6-14-32(26)34/h3-24H,1-2H3. The lowest BCUT2D eigenvalue weighted by Crippen LogP contribution is -2.11. The summed E-state index contributed by atoms with van der Waals surface area (Å²) in [4.78, 5) is 17.6. The lowest BCUT2D eigenvalue weighted by atomic mass is 10.0. The van der Waals surface area contributed by atoms with Gasteiger partial charge in [0.15, 0.2) is 5.78 Å². The predicted molar refractivity (Wildman–Crippen MR) is 160 cm³/mol. The summed E-state index contributed by atoms with van der Waals surface area (Å²) in [5, 5.41) is 4.81. The van der Waals surface area contributed by atoms with Crippen molar-refractivity contribution in [3.63, 3.8) is 0 Å². The zero-order valence-corrected chi connectivity index (χ0v) is 21.5. The SMILES string of the molecule is CN(c1ccc(C(=O)c2ccc(N(C)c3cccc4ccccc34)cc2)cc1)c1cccc2ccccc12. The van der Waals surface area contributed by atoms with Crippen LogP contribution in [0.3, 0.4) is 0 Å². The quantitative estimate of drug-likeness (QED) is 0.217. The van der Waals surface area contributed by atoms with Gasteiger partial charge in [0.25, 0.3) is 0 Å². The molecule has 3 nitrogen and oxygen atoms in total. The number of hydrogen-bond acceptors (Lipinski definition) is 3. The molecule has 0 atom stereocenters. The lowest BCUT2D eigenvalue weighted by molar-refractivity contribution is 0.103. The number of benzene rings is 6. The highest BCUT2D eigenvalue weighted by molar-refractivity contribution is 6.09. The van der Waals surface area contributed by atoms with Crippen LogP contribution in [0.4, 0.5) is 22.7 Å². The summed E-state index contributed by atoms with van der Waals surface area (Å²) in [5.74, 6) is 0.0173. The van der Waals surface area contributed by atoms with E-state index < -0.39 is 0 Å². The molecule has 0 bridgehead atoms.